The number of rotatable bonds is 7. The molecule has 0 saturated carbocycles. The van der Waals surface area contributed by atoms with Gasteiger partial charge in [0.05, 0.1) is 6.61 Å². The van der Waals surface area contributed by atoms with Crippen LogP contribution in [0.1, 0.15) is 31.9 Å². The van der Waals surface area contributed by atoms with Gasteiger partial charge in [0.25, 0.3) is 0 Å². The van der Waals surface area contributed by atoms with Gasteiger partial charge in [-0.05, 0) is 26.0 Å². The first-order chi connectivity index (χ1) is 8.19. The predicted octanol–water partition coefficient (Wildman–Crippen LogP) is 2.26. The fraction of sp³-hybridized carbons (Fsp3) is 0.538. The van der Waals surface area contributed by atoms with Gasteiger partial charge in [-0.2, -0.15) is 0 Å². The lowest BCUT2D eigenvalue weighted by atomic mass is 10.1. The molecule has 0 spiro atoms. The van der Waals surface area contributed by atoms with E-state index in [4.69, 9.17) is 9.84 Å². The Labute approximate surface area is 102 Å². The van der Waals surface area contributed by atoms with Crippen LogP contribution < -0.4 is 10.1 Å². The van der Waals surface area contributed by atoms with Crippen molar-refractivity contribution in [3.63, 3.8) is 0 Å². The zero-order valence-electron chi connectivity index (χ0n) is 10.4. The molecule has 0 fully saturated rings. The van der Waals surface area contributed by atoms with Gasteiger partial charge in [-0.25, -0.2) is 4.39 Å². The number of aliphatic hydroxyl groups excluding tert-OH is 1. The smallest absolute Gasteiger partial charge is 0.131 e. The average molecular weight is 241 g/mol. The van der Waals surface area contributed by atoms with Crippen LogP contribution in [0.5, 0.6) is 5.75 Å². The molecule has 0 saturated heterocycles. The molecule has 0 radical (unpaired) electrons. The third-order valence-electron chi connectivity index (χ3n) is 2.50. The van der Waals surface area contributed by atoms with Crippen molar-refractivity contribution in [2.45, 2.75) is 26.3 Å². The maximum absolute atomic E-state index is 13.8. The van der Waals surface area contributed by atoms with E-state index < -0.39 is 0 Å². The molecule has 1 aromatic carbocycles. The first kappa shape index (κ1) is 13.9. The van der Waals surface area contributed by atoms with Crippen LogP contribution in [0.25, 0.3) is 0 Å². The molecular formula is C13H20FNO2. The third-order valence-corrected chi connectivity index (χ3v) is 2.50. The molecule has 0 amide bonds. The second kappa shape index (κ2) is 7.25. The SMILES string of the molecule is CCCNC(C)c1ccc(OCCO)cc1F. The Morgan fingerprint density at radius 2 is 2.24 bits per heavy atom. The van der Waals surface area contributed by atoms with Crippen molar-refractivity contribution in [1.82, 2.24) is 5.32 Å². The molecule has 96 valence electrons. The molecule has 17 heavy (non-hydrogen) atoms. The van der Waals surface area contributed by atoms with Crippen molar-refractivity contribution in [2.24, 2.45) is 0 Å². The summed E-state index contributed by atoms with van der Waals surface area (Å²) < 4.78 is 18.9. The molecule has 0 aliphatic carbocycles. The standard InChI is InChI=1S/C13H20FNO2/c1-3-6-15-10(2)12-5-4-11(9-13(12)14)17-8-7-16/h4-5,9-10,15-16H,3,6-8H2,1-2H3. The molecule has 0 aliphatic heterocycles. The van der Waals surface area contributed by atoms with Gasteiger partial charge in [0.15, 0.2) is 0 Å². The van der Waals surface area contributed by atoms with Gasteiger partial charge in [-0.1, -0.05) is 13.0 Å². The average Bonchev–Trinajstić information content (AvgIpc) is 2.33. The molecule has 2 N–H and O–H groups in total. The molecule has 1 atom stereocenters. The number of halogens is 1. The second-order valence-electron chi connectivity index (χ2n) is 3.93. The number of aliphatic hydroxyl groups is 1. The van der Waals surface area contributed by atoms with Crippen LogP contribution >= 0.6 is 0 Å². The van der Waals surface area contributed by atoms with Crippen LogP contribution in [-0.2, 0) is 0 Å². The van der Waals surface area contributed by atoms with Gasteiger partial charge in [0, 0.05) is 17.7 Å². The number of hydrogen-bond donors (Lipinski definition) is 2. The molecule has 1 rings (SSSR count). The van der Waals surface area contributed by atoms with Gasteiger partial charge in [-0.3, -0.25) is 0 Å². The van der Waals surface area contributed by atoms with E-state index in [1.807, 2.05) is 6.92 Å². The van der Waals surface area contributed by atoms with Gasteiger partial charge >= 0.3 is 0 Å². The fourth-order valence-electron chi connectivity index (χ4n) is 1.58. The van der Waals surface area contributed by atoms with Gasteiger partial charge in [-0.15, -0.1) is 0 Å². The van der Waals surface area contributed by atoms with E-state index in [1.54, 1.807) is 12.1 Å². The van der Waals surface area contributed by atoms with Gasteiger partial charge < -0.3 is 15.2 Å². The zero-order chi connectivity index (χ0) is 12.7. The van der Waals surface area contributed by atoms with E-state index in [1.165, 1.54) is 6.07 Å². The normalized spacial score (nSPS) is 12.5. The van der Waals surface area contributed by atoms with Crippen LogP contribution in [-0.4, -0.2) is 24.9 Å². The summed E-state index contributed by atoms with van der Waals surface area (Å²) in [5.41, 5.74) is 0.634. The second-order valence-corrected chi connectivity index (χ2v) is 3.93. The maximum Gasteiger partial charge on any atom is 0.131 e. The lowest BCUT2D eigenvalue weighted by Gasteiger charge is -2.15. The Morgan fingerprint density at radius 1 is 1.47 bits per heavy atom. The third kappa shape index (κ3) is 4.32. The highest BCUT2D eigenvalue weighted by Gasteiger charge is 2.10. The Balaban J connectivity index is 2.68. The van der Waals surface area contributed by atoms with Crippen molar-refractivity contribution in [3.8, 4) is 5.75 Å². The minimum absolute atomic E-state index is 0.0122. The van der Waals surface area contributed by atoms with Crippen molar-refractivity contribution in [3.05, 3.63) is 29.6 Å². The summed E-state index contributed by atoms with van der Waals surface area (Å²) in [5.74, 6) is 0.166. The molecule has 0 aliphatic rings. The van der Waals surface area contributed by atoms with E-state index in [2.05, 4.69) is 12.2 Å². The number of hydrogen-bond acceptors (Lipinski definition) is 3. The quantitative estimate of drug-likeness (QED) is 0.769. The van der Waals surface area contributed by atoms with Crippen LogP contribution in [0.15, 0.2) is 18.2 Å². The molecule has 3 nitrogen and oxygen atoms in total. The number of benzene rings is 1. The largest absolute Gasteiger partial charge is 0.491 e. The lowest BCUT2D eigenvalue weighted by molar-refractivity contribution is 0.201. The summed E-state index contributed by atoms with van der Waals surface area (Å²) in [4.78, 5) is 0. The molecule has 0 heterocycles. The summed E-state index contributed by atoms with van der Waals surface area (Å²) in [7, 11) is 0. The lowest BCUT2D eigenvalue weighted by Crippen LogP contribution is -2.20. The van der Waals surface area contributed by atoms with Gasteiger partial charge in [0.2, 0.25) is 0 Å². The fourth-order valence-corrected chi connectivity index (χ4v) is 1.58. The summed E-state index contributed by atoms with van der Waals surface area (Å²) in [6.07, 6.45) is 1.02. The summed E-state index contributed by atoms with van der Waals surface area (Å²) in [6.45, 7) is 4.98. The van der Waals surface area contributed by atoms with E-state index in [0.717, 1.165) is 13.0 Å². The molecule has 0 aromatic heterocycles. The first-order valence-corrected chi connectivity index (χ1v) is 5.95. The Kier molecular flexibility index (Phi) is 5.94. The Morgan fingerprint density at radius 3 is 2.82 bits per heavy atom. The summed E-state index contributed by atoms with van der Waals surface area (Å²) in [6, 6.07) is 4.78. The van der Waals surface area contributed by atoms with Crippen molar-refractivity contribution in [1.29, 1.82) is 0 Å². The molecule has 1 unspecified atom stereocenters. The maximum atomic E-state index is 13.8. The highest BCUT2D eigenvalue weighted by atomic mass is 19.1. The zero-order valence-corrected chi connectivity index (χ0v) is 10.4. The summed E-state index contributed by atoms with van der Waals surface area (Å²) >= 11 is 0. The van der Waals surface area contributed by atoms with Crippen molar-refractivity contribution < 1.29 is 14.2 Å². The highest BCUT2D eigenvalue weighted by Crippen LogP contribution is 2.21. The highest BCUT2D eigenvalue weighted by molar-refractivity contribution is 5.30. The van der Waals surface area contributed by atoms with Gasteiger partial charge in [0.1, 0.15) is 18.2 Å². The predicted molar refractivity (Wildman–Crippen MR) is 65.7 cm³/mol. The molecule has 1 aromatic rings. The topological polar surface area (TPSA) is 41.5 Å². The number of ether oxygens (including phenoxy) is 1. The monoisotopic (exact) mass is 241 g/mol. The van der Waals surface area contributed by atoms with Crippen LogP contribution in [0.4, 0.5) is 4.39 Å². The Bertz CT molecular complexity index is 344. The minimum Gasteiger partial charge on any atom is -0.491 e. The molecule has 0 bridgehead atoms. The Hall–Kier alpha value is -1.13. The van der Waals surface area contributed by atoms with E-state index >= 15 is 0 Å². The van der Waals surface area contributed by atoms with E-state index in [0.29, 0.717) is 11.3 Å². The number of nitrogens with one attached hydrogen (secondary N) is 1. The van der Waals surface area contributed by atoms with E-state index in [9.17, 15) is 4.39 Å². The first-order valence-electron chi connectivity index (χ1n) is 5.95. The molecular weight excluding hydrogens is 221 g/mol. The molecule has 4 heteroatoms. The van der Waals surface area contributed by atoms with Crippen molar-refractivity contribution >= 4 is 0 Å². The van der Waals surface area contributed by atoms with Crippen molar-refractivity contribution in [2.75, 3.05) is 19.8 Å². The minimum atomic E-state index is -0.281. The van der Waals surface area contributed by atoms with Crippen LogP contribution in [0, 0.1) is 5.82 Å². The van der Waals surface area contributed by atoms with Crippen LogP contribution in [0.3, 0.4) is 0 Å². The summed E-state index contributed by atoms with van der Waals surface area (Å²) in [5, 5.41) is 11.8. The van der Waals surface area contributed by atoms with E-state index in [-0.39, 0.29) is 25.1 Å². The van der Waals surface area contributed by atoms with Crippen LogP contribution in [0.2, 0.25) is 0 Å².